The molecule has 0 saturated heterocycles. The van der Waals surface area contributed by atoms with Gasteiger partial charge in [-0.05, 0) is 31.2 Å². The van der Waals surface area contributed by atoms with E-state index in [4.69, 9.17) is 16.3 Å². The second kappa shape index (κ2) is 5.59. The summed E-state index contributed by atoms with van der Waals surface area (Å²) in [6.07, 6.45) is -1.09. The van der Waals surface area contributed by atoms with Crippen molar-refractivity contribution in [2.75, 3.05) is 7.11 Å². The van der Waals surface area contributed by atoms with Crippen LogP contribution in [-0.2, 0) is 0 Å². The van der Waals surface area contributed by atoms with Gasteiger partial charge >= 0.3 is 0 Å². The smallest absolute Gasteiger partial charge is 0.130 e. The summed E-state index contributed by atoms with van der Waals surface area (Å²) in [7, 11) is 1.51. The fourth-order valence-corrected chi connectivity index (χ4v) is 2.12. The van der Waals surface area contributed by atoms with Crippen LogP contribution in [0.2, 0.25) is 5.02 Å². The lowest BCUT2D eigenvalue weighted by Crippen LogP contribution is -2.05. The average Bonchev–Trinajstić information content (AvgIpc) is 2.38. The van der Waals surface area contributed by atoms with Crippen molar-refractivity contribution in [3.63, 3.8) is 0 Å². The maximum absolute atomic E-state index is 13.8. The summed E-state index contributed by atoms with van der Waals surface area (Å²) in [6.45, 7) is 1.90. The average molecular weight is 281 g/mol. The van der Waals surface area contributed by atoms with Gasteiger partial charge in [-0.15, -0.1) is 0 Å². The van der Waals surface area contributed by atoms with E-state index in [-0.39, 0.29) is 5.56 Å². The number of aliphatic hydroxyl groups excluding tert-OH is 1. The molecular weight excluding hydrogens is 267 g/mol. The van der Waals surface area contributed by atoms with E-state index in [0.717, 1.165) is 5.56 Å². The van der Waals surface area contributed by atoms with Crippen molar-refractivity contribution in [3.05, 3.63) is 63.9 Å². The predicted molar refractivity (Wildman–Crippen MR) is 73.2 cm³/mol. The topological polar surface area (TPSA) is 29.5 Å². The number of aliphatic hydroxyl groups is 1. The van der Waals surface area contributed by atoms with Gasteiger partial charge in [0.1, 0.15) is 17.7 Å². The van der Waals surface area contributed by atoms with Crippen molar-refractivity contribution in [1.29, 1.82) is 0 Å². The molecule has 0 amide bonds. The van der Waals surface area contributed by atoms with E-state index in [9.17, 15) is 9.50 Å². The van der Waals surface area contributed by atoms with E-state index in [1.807, 2.05) is 13.0 Å². The van der Waals surface area contributed by atoms with Gasteiger partial charge in [-0.1, -0.05) is 29.3 Å². The Labute approximate surface area is 116 Å². The van der Waals surface area contributed by atoms with E-state index in [0.29, 0.717) is 16.3 Å². The van der Waals surface area contributed by atoms with E-state index in [1.54, 1.807) is 18.2 Å². The third kappa shape index (κ3) is 2.88. The monoisotopic (exact) mass is 280 g/mol. The van der Waals surface area contributed by atoms with E-state index >= 15 is 0 Å². The number of ether oxygens (including phenoxy) is 1. The van der Waals surface area contributed by atoms with Gasteiger partial charge in [-0.3, -0.25) is 0 Å². The van der Waals surface area contributed by atoms with Crippen molar-refractivity contribution in [2.45, 2.75) is 13.0 Å². The lowest BCUT2D eigenvalue weighted by molar-refractivity contribution is 0.209. The van der Waals surface area contributed by atoms with Gasteiger partial charge in [0.25, 0.3) is 0 Å². The summed E-state index contributed by atoms with van der Waals surface area (Å²) in [5.74, 6) is -0.0176. The maximum atomic E-state index is 13.8. The van der Waals surface area contributed by atoms with Crippen molar-refractivity contribution in [3.8, 4) is 5.75 Å². The Balaban J connectivity index is 2.49. The Kier molecular flexibility index (Phi) is 4.08. The minimum absolute atomic E-state index is 0.174. The molecule has 0 heterocycles. The molecule has 2 nitrogen and oxygen atoms in total. The van der Waals surface area contributed by atoms with Crippen LogP contribution in [0.25, 0.3) is 0 Å². The van der Waals surface area contributed by atoms with Crippen LogP contribution in [-0.4, -0.2) is 12.2 Å². The quantitative estimate of drug-likeness (QED) is 0.924. The highest BCUT2D eigenvalue weighted by Gasteiger charge is 2.19. The summed E-state index contributed by atoms with van der Waals surface area (Å²) in [6, 6.07) is 9.60. The number of halogens is 2. The van der Waals surface area contributed by atoms with Gasteiger partial charge in [-0.2, -0.15) is 0 Å². The molecule has 0 aliphatic rings. The lowest BCUT2D eigenvalue weighted by atomic mass is 9.98. The van der Waals surface area contributed by atoms with E-state index in [2.05, 4.69) is 0 Å². The van der Waals surface area contributed by atoms with Crippen molar-refractivity contribution >= 4 is 11.6 Å². The van der Waals surface area contributed by atoms with Crippen LogP contribution in [0.1, 0.15) is 22.8 Å². The third-order valence-corrected chi connectivity index (χ3v) is 3.17. The summed E-state index contributed by atoms with van der Waals surface area (Å²) < 4.78 is 19.0. The number of hydrogen-bond donors (Lipinski definition) is 1. The molecular formula is C15H14ClFO2. The highest BCUT2D eigenvalue weighted by Crippen LogP contribution is 2.32. The molecule has 19 heavy (non-hydrogen) atoms. The van der Waals surface area contributed by atoms with Gasteiger partial charge in [0, 0.05) is 16.1 Å². The van der Waals surface area contributed by atoms with Gasteiger partial charge in [0.15, 0.2) is 0 Å². The summed E-state index contributed by atoms with van der Waals surface area (Å²) in [5.41, 5.74) is 1.67. The number of rotatable bonds is 3. The van der Waals surface area contributed by atoms with E-state index in [1.165, 1.54) is 19.2 Å². The first kappa shape index (κ1) is 13.8. The molecule has 1 N–H and O–H groups in total. The number of hydrogen-bond acceptors (Lipinski definition) is 2. The Morgan fingerprint density at radius 1 is 1.16 bits per heavy atom. The fourth-order valence-electron chi connectivity index (χ4n) is 1.96. The van der Waals surface area contributed by atoms with Crippen LogP contribution < -0.4 is 4.74 Å². The first-order valence-electron chi connectivity index (χ1n) is 5.80. The molecule has 0 bridgehead atoms. The zero-order valence-corrected chi connectivity index (χ0v) is 11.4. The predicted octanol–water partition coefficient (Wildman–Crippen LogP) is 3.88. The Bertz CT molecular complexity index is 599. The molecule has 2 aromatic carbocycles. The highest BCUT2D eigenvalue weighted by molar-refractivity contribution is 6.30. The Hall–Kier alpha value is -1.58. The Morgan fingerprint density at radius 2 is 1.89 bits per heavy atom. The molecule has 0 aliphatic heterocycles. The number of methoxy groups -OCH3 is 1. The molecule has 1 unspecified atom stereocenters. The van der Waals surface area contributed by atoms with Crippen LogP contribution in [0.15, 0.2) is 36.4 Å². The molecule has 1 atom stereocenters. The number of aryl methyl sites for hydroxylation is 1. The standard InChI is InChI=1S/C15H14ClFO2/c1-9-3-6-14(19-2)12(7-9)15(18)11-5-4-10(16)8-13(11)17/h3-8,15,18H,1-2H3. The fraction of sp³-hybridized carbons (Fsp3) is 0.200. The molecule has 0 fully saturated rings. The summed E-state index contributed by atoms with van der Waals surface area (Å²) in [5, 5.41) is 10.6. The molecule has 2 rings (SSSR count). The second-order valence-electron chi connectivity index (χ2n) is 4.31. The lowest BCUT2D eigenvalue weighted by Gasteiger charge is -2.16. The first-order chi connectivity index (χ1) is 9.02. The molecule has 0 aromatic heterocycles. The normalized spacial score (nSPS) is 12.3. The van der Waals surface area contributed by atoms with Crippen LogP contribution in [0.3, 0.4) is 0 Å². The minimum atomic E-state index is -1.09. The molecule has 0 radical (unpaired) electrons. The van der Waals surface area contributed by atoms with Gasteiger partial charge in [-0.25, -0.2) is 4.39 Å². The maximum Gasteiger partial charge on any atom is 0.130 e. The second-order valence-corrected chi connectivity index (χ2v) is 4.75. The molecule has 2 aromatic rings. The third-order valence-electron chi connectivity index (χ3n) is 2.94. The van der Waals surface area contributed by atoms with Crippen molar-refractivity contribution < 1.29 is 14.2 Å². The van der Waals surface area contributed by atoms with Gasteiger partial charge in [0.2, 0.25) is 0 Å². The highest BCUT2D eigenvalue weighted by atomic mass is 35.5. The van der Waals surface area contributed by atoms with E-state index < -0.39 is 11.9 Å². The SMILES string of the molecule is COc1ccc(C)cc1C(O)c1ccc(Cl)cc1F. The van der Waals surface area contributed by atoms with Crippen LogP contribution >= 0.6 is 11.6 Å². The van der Waals surface area contributed by atoms with Crippen molar-refractivity contribution in [1.82, 2.24) is 0 Å². The Morgan fingerprint density at radius 3 is 2.53 bits per heavy atom. The molecule has 0 aliphatic carbocycles. The summed E-state index contributed by atoms with van der Waals surface area (Å²) in [4.78, 5) is 0. The minimum Gasteiger partial charge on any atom is -0.496 e. The largest absolute Gasteiger partial charge is 0.496 e. The molecule has 0 spiro atoms. The summed E-state index contributed by atoms with van der Waals surface area (Å²) >= 11 is 5.71. The van der Waals surface area contributed by atoms with Gasteiger partial charge < -0.3 is 9.84 Å². The van der Waals surface area contributed by atoms with Gasteiger partial charge in [0.05, 0.1) is 7.11 Å². The van der Waals surface area contributed by atoms with Crippen LogP contribution in [0, 0.1) is 12.7 Å². The van der Waals surface area contributed by atoms with Crippen LogP contribution in [0.4, 0.5) is 4.39 Å². The van der Waals surface area contributed by atoms with Crippen LogP contribution in [0.5, 0.6) is 5.75 Å². The molecule has 100 valence electrons. The molecule has 0 saturated carbocycles. The number of benzene rings is 2. The zero-order chi connectivity index (χ0) is 14.0. The first-order valence-corrected chi connectivity index (χ1v) is 6.18. The zero-order valence-electron chi connectivity index (χ0n) is 10.7. The molecule has 4 heteroatoms. The van der Waals surface area contributed by atoms with Crippen molar-refractivity contribution in [2.24, 2.45) is 0 Å².